The van der Waals surface area contributed by atoms with Crippen LogP contribution in [0.5, 0.6) is 0 Å². The molecule has 22 heavy (non-hydrogen) atoms. The minimum Gasteiger partial charge on any atom is -0.481 e. The molecule has 0 atom stereocenters. The first-order chi connectivity index (χ1) is 10.5. The molecule has 0 aliphatic carbocycles. The fourth-order valence-electron chi connectivity index (χ4n) is 2.52. The van der Waals surface area contributed by atoms with Crippen LogP contribution in [0.3, 0.4) is 0 Å². The zero-order valence-electron chi connectivity index (χ0n) is 12.6. The fraction of sp³-hybridized carbons (Fsp3) is 0.438. The summed E-state index contributed by atoms with van der Waals surface area (Å²) in [5, 5.41) is 8.62. The van der Waals surface area contributed by atoms with Crippen LogP contribution in [0.15, 0.2) is 24.3 Å². The lowest BCUT2D eigenvalue weighted by molar-refractivity contribution is -0.137. The summed E-state index contributed by atoms with van der Waals surface area (Å²) in [7, 11) is 1.65. The van der Waals surface area contributed by atoms with Gasteiger partial charge in [-0.05, 0) is 31.0 Å². The van der Waals surface area contributed by atoms with Crippen LogP contribution in [-0.2, 0) is 9.59 Å². The van der Waals surface area contributed by atoms with Crippen molar-refractivity contribution in [2.45, 2.75) is 25.7 Å². The highest BCUT2D eigenvalue weighted by atomic mass is 16.4. The molecule has 1 aliphatic rings. The number of rotatable bonds is 6. The highest BCUT2D eigenvalue weighted by molar-refractivity contribution is 5.99. The predicted octanol–water partition coefficient (Wildman–Crippen LogP) is 1.75. The van der Waals surface area contributed by atoms with Crippen molar-refractivity contribution in [3.05, 3.63) is 29.8 Å². The highest BCUT2D eigenvalue weighted by Crippen LogP contribution is 2.22. The van der Waals surface area contributed by atoms with Gasteiger partial charge in [-0.2, -0.15) is 0 Å². The summed E-state index contributed by atoms with van der Waals surface area (Å²) in [5.74, 6) is -0.950. The first-order valence-electron chi connectivity index (χ1n) is 7.36. The standard InChI is InChI=1S/C16H20N2O4/c1-17(9-4-8-15(20)21)16(22)12-5-2-6-13(11-12)18-10-3-7-14(18)19/h2,5-6,11H,3-4,7-10H2,1H3,(H,20,21). The molecule has 0 radical (unpaired) electrons. The van der Waals surface area contributed by atoms with E-state index in [-0.39, 0.29) is 18.2 Å². The van der Waals surface area contributed by atoms with Crippen molar-refractivity contribution < 1.29 is 19.5 Å². The van der Waals surface area contributed by atoms with Crippen LogP contribution < -0.4 is 4.90 Å². The minimum absolute atomic E-state index is 0.0416. The Kier molecular flexibility index (Phi) is 5.14. The SMILES string of the molecule is CN(CCCC(=O)O)C(=O)c1cccc(N2CCCC2=O)c1. The molecular formula is C16H20N2O4. The molecule has 2 amide bonds. The molecule has 1 N–H and O–H groups in total. The Labute approximate surface area is 129 Å². The summed E-state index contributed by atoms with van der Waals surface area (Å²) < 4.78 is 0. The lowest BCUT2D eigenvalue weighted by Crippen LogP contribution is -2.29. The average molecular weight is 304 g/mol. The number of carboxylic acid groups (broad SMARTS) is 1. The molecule has 6 heteroatoms. The number of aliphatic carboxylic acids is 1. The zero-order valence-corrected chi connectivity index (χ0v) is 12.6. The molecule has 1 aromatic carbocycles. The molecule has 118 valence electrons. The lowest BCUT2D eigenvalue weighted by atomic mass is 10.1. The number of hydrogen-bond donors (Lipinski definition) is 1. The normalized spacial score (nSPS) is 14.2. The largest absolute Gasteiger partial charge is 0.481 e. The third-order valence-electron chi connectivity index (χ3n) is 3.71. The van der Waals surface area contributed by atoms with Crippen molar-refractivity contribution in [1.82, 2.24) is 4.90 Å². The van der Waals surface area contributed by atoms with Crippen LogP contribution in [0.1, 0.15) is 36.0 Å². The molecule has 0 spiro atoms. The maximum atomic E-state index is 12.3. The van der Waals surface area contributed by atoms with Gasteiger partial charge in [0.2, 0.25) is 5.91 Å². The molecule has 1 saturated heterocycles. The molecule has 1 aromatic rings. The second-order valence-electron chi connectivity index (χ2n) is 5.42. The third kappa shape index (κ3) is 3.84. The monoisotopic (exact) mass is 304 g/mol. The van der Waals surface area contributed by atoms with E-state index >= 15 is 0 Å². The van der Waals surface area contributed by atoms with Gasteiger partial charge in [0.1, 0.15) is 0 Å². The Morgan fingerprint density at radius 2 is 2.14 bits per heavy atom. The number of carbonyl (C=O) groups excluding carboxylic acids is 2. The summed E-state index contributed by atoms with van der Waals surface area (Å²) in [4.78, 5) is 37.8. The number of carboxylic acids is 1. The molecular weight excluding hydrogens is 284 g/mol. The quantitative estimate of drug-likeness (QED) is 0.868. The van der Waals surface area contributed by atoms with Crippen molar-refractivity contribution >= 4 is 23.5 Å². The van der Waals surface area contributed by atoms with Crippen LogP contribution in [0.25, 0.3) is 0 Å². The number of carbonyl (C=O) groups is 3. The molecule has 6 nitrogen and oxygen atoms in total. The molecule has 0 saturated carbocycles. The summed E-state index contributed by atoms with van der Waals surface area (Å²) in [6.07, 6.45) is 1.85. The highest BCUT2D eigenvalue weighted by Gasteiger charge is 2.22. The lowest BCUT2D eigenvalue weighted by Gasteiger charge is -2.19. The maximum Gasteiger partial charge on any atom is 0.303 e. The second kappa shape index (κ2) is 7.06. The second-order valence-corrected chi connectivity index (χ2v) is 5.42. The van der Waals surface area contributed by atoms with Crippen molar-refractivity contribution in [2.75, 3.05) is 25.0 Å². The number of benzene rings is 1. The number of amides is 2. The van der Waals surface area contributed by atoms with Gasteiger partial charge in [0, 0.05) is 44.2 Å². The van der Waals surface area contributed by atoms with Gasteiger partial charge in [0.15, 0.2) is 0 Å². The van der Waals surface area contributed by atoms with E-state index in [2.05, 4.69) is 0 Å². The van der Waals surface area contributed by atoms with E-state index in [0.717, 1.165) is 12.1 Å². The maximum absolute atomic E-state index is 12.3. The van der Waals surface area contributed by atoms with E-state index in [0.29, 0.717) is 31.5 Å². The van der Waals surface area contributed by atoms with E-state index in [1.807, 2.05) is 6.07 Å². The summed E-state index contributed by atoms with van der Waals surface area (Å²) in [5.41, 5.74) is 1.25. The van der Waals surface area contributed by atoms with E-state index < -0.39 is 5.97 Å². The molecule has 0 aromatic heterocycles. The Hall–Kier alpha value is -2.37. The Bertz CT molecular complexity index is 585. The van der Waals surface area contributed by atoms with Gasteiger partial charge in [-0.3, -0.25) is 14.4 Å². The Morgan fingerprint density at radius 3 is 2.77 bits per heavy atom. The van der Waals surface area contributed by atoms with Crippen LogP contribution in [0.4, 0.5) is 5.69 Å². The molecule has 1 fully saturated rings. The van der Waals surface area contributed by atoms with Crippen molar-refractivity contribution in [3.63, 3.8) is 0 Å². The van der Waals surface area contributed by atoms with E-state index in [4.69, 9.17) is 5.11 Å². The van der Waals surface area contributed by atoms with Gasteiger partial charge in [0.25, 0.3) is 5.91 Å². The van der Waals surface area contributed by atoms with E-state index in [9.17, 15) is 14.4 Å². The molecule has 0 unspecified atom stereocenters. The summed E-state index contributed by atoms with van der Waals surface area (Å²) in [6.45, 7) is 1.07. The van der Waals surface area contributed by atoms with Crippen LogP contribution in [0.2, 0.25) is 0 Å². The summed E-state index contributed by atoms with van der Waals surface area (Å²) >= 11 is 0. The van der Waals surface area contributed by atoms with Crippen molar-refractivity contribution in [2.24, 2.45) is 0 Å². The topological polar surface area (TPSA) is 77.9 Å². The smallest absolute Gasteiger partial charge is 0.303 e. The van der Waals surface area contributed by atoms with Gasteiger partial charge >= 0.3 is 5.97 Å². The van der Waals surface area contributed by atoms with Crippen LogP contribution >= 0.6 is 0 Å². The first-order valence-corrected chi connectivity index (χ1v) is 7.36. The van der Waals surface area contributed by atoms with E-state index in [1.165, 1.54) is 4.90 Å². The predicted molar refractivity (Wildman–Crippen MR) is 81.9 cm³/mol. The third-order valence-corrected chi connectivity index (χ3v) is 3.71. The Morgan fingerprint density at radius 1 is 1.36 bits per heavy atom. The number of nitrogens with zero attached hydrogens (tertiary/aromatic N) is 2. The van der Waals surface area contributed by atoms with Gasteiger partial charge < -0.3 is 14.9 Å². The molecule has 1 heterocycles. The summed E-state index contributed by atoms with van der Waals surface area (Å²) in [6, 6.07) is 7.02. The van der Waals surface area contributed by atoms with Crippen LogP contribution in [0, 0.1) is 0 Å². The van der Waals surface area contributed by atoms with Gasteiger partial charge in [-0.15, -0.1) is 0 Å². The average Bonchev–Trinajstić information content (AvgIpc) is 2.92. The molecule has 0 bridgehead atoms. The number of anilines is 1. The van der Waals surface area contributed by atoms with Gasteiger partial charge in [-0.25, -0.2) is 0 Å². The van der Waals surface area contributed by atoms with Crippen molar-refractivity contribution in [1.29, 1.82) is 0 Å². The first kappa shape index (κ1) is 16.0. The zero-order chi connectivity index (χ0) is 16.1. The van der Waals surface area contributed by atoms with Crippen molar-refractivity contribution in [3.8, 4) is 0 Å². The van der Waals surface area contributed by atoms with Gasteiger partial charge in [-0.1, -0.05) is 6.07 Å². The Balaban J connectivity index is 2.03. The van der Waals surface area contributed by atoms with E-state index in [1.54, 1.807) is 30.1 Å². The number of hydrogen-bond acceptors (Lipinski definition) is 3. The fourth-order valence-corrected chi connectivity index (χ4v) is 2.52. The molecule has 2 rings (SSSR count). The molecule has 1 aliphatic heterocycles. The minimum atomic E-state index is -0.865. The van der Waals surface area contributed by atoms with Crippen LogP contribution in [-0.4, -0.2) is 47.9 Å². The van der Waals surface area contributed by atoms with Gasteiger partial charge in [0.05, 0.1) is 0 Å².